The van der Waals surface area contributed by atoms with E-state index in [0.717, 1.165) is 77.2 Å². The summed E-state index contributed by atoms with van der Waals surface area (Å²) >= 11 is 0. The molecule has 3 heterocycles. The van der Waals surface area contributed by atoms with E-state index in [-0.39, 0.29) is 0 Å². The molecule has 62 heavy (non-hydrogen) atoms. The number of hydrogen-bond donors (Lipinski definition) is 0. The number of hydrogen-bond acceptors (Lipinski definition) is 4. The molecule has 0 aliphatic rings. The van der Waals surface area contributed by atoms with E-state index in [1.54, 1.807) is 0 Å². The first-order chi connectivity index (χ1) is 30.7. The second-order valence-corrected chi connectivity index (χ2v) is 16.0. The maximum absolute atomic E-state index is 7.06. The van der Waals surface area contributed by atoms with Gasteiger partial charge in [0.1, 0.15) is 11.2 Å². The van der Waals surface area contributed by atoms with E-state index in [0.29, 0.717) is 17.5 Å². The number of aromatic nitrogens is 4. The number of rotatable bonds is 5. The van der Waals surface area contributed by atoms with Crippen LogP contribution in [0.1, 0.15) is 0 Å². The number of para-hydroxylation sites is 1. The largest absolute Gasteiger partial charge is 0.455 e. The minimum absolute atomic E-state index is 0.552. The van der Waals surface area contributed by atoms with Gasteiger partial charge in [0.05, 0.1) is 22.3 Å². The van der Waals surface area contributed by atoms with E-state index in [2.05, 4.69) is 174 Å². The van der Waals surface area contributed by atoms with Crippen LogP contribution >= 0.6 is 0 Å². The second-order valence-electron chi connectivity index (χ2n) is 16.0. The fourth-order valence-electron chi connectivity index (χ4n) is 9.39. The normalized spacial score (nSPS) is 11.9. The van der Waals surface area contributed by atoms with Gasteiger partial charge in [0.15, 0.2) is 17.5 Å². The molecule has 0 amide bonds. The van der Waals surface area contributed by atoms with Crippen LogP contribution in [0, 0.1) is 0 Å². The Bertz CT molecular complexity index is 3810. The third-order valence-electron chi connectivity index (χ3n) is 12.4. The first-order valence-corrected chi connectivity index (χ1v) is 20.9. The van der Waals surface area contributed by atoms with Crippen molar-refractivity contribution in [3.05, 3.63) is 206 Å². The van der Waals surface area contributed by atoms with Crippen LogP contribution in [0.5, 0.6) is 0 Å². The lowest BCUT2D eigenvalue weighted by Crippen LogP contribution is -2.00. The molecule has 0 N–H and O–H groups in total. The van der Waals surface area contributed by atoms with Crippen molar-refractivity contribution in [2.75, 3.05) is 0 Å². The molecule has 5 heteroatoms. The molecule has 5 nitrogen and oxygen atoms in total. The van der Waals surface area contributed by atoms with Gasteiger partial charge in [-0.15, -0.1) is 0 Å². The van der Waals surface area contributed by atoms with Gasteiger partial charge in [-0.1, -0.05) is 170 Å². The zero-order valence-corrected chi connectivity index (χ0v) is 33.3. The summed E-state index contributed by atoms with van der Waals surface area (Å²) in [6.07, 6.45) is 0. The Morgan fingerprint density at radius 3 is 1.39 bits per heavy atom. The second kappa shape index (κ2) is 13.6. The van der Waals surface area contributed by atoms with Gasteiger partial charge < -0.3 is 8.98 Å². The SMILES string of the molecule is c1ccc(-c2ccc(-c3nc(-c4ccccc4)nc(-c4cccc5c4oc4c6ccccc6c(-n6c7cc8ccccc8cc7c7cc8ccccc8cc76)cc54)n3)cc2)cc1. The van der Waals surface area contributed by atoms with Gasteiger partial charge in [-0.2, -0.15) is 0 Å². The summed E-state index contributed by atoms with van der Waals surface area (Å²) in [6, 6.07) is 72.8. The van der Waals surface area contributed by atoms with Crippen LogP contribution in [-0.4, -0.2) is 19.5 Å². The molecular weight excluding hydrogens is 757 g/mol. The lowest BCUT2D eigenvalue weighted by Gasteiger charge is -2.13. The van der Waals surface area contributed by atoms with Crippen molar-refractivity contribution in [2.45, 2.75) is 0 Å². The Morgan fingerprint density at radius 2 is 0.758 bits per heavy atom. The van der Waals surface area contributed by atoms with Crippen LogP contribution in [0.2, 0.25) is 0 Å². The highest BCUT2D eigenvalue weighted by Crippen LogP contribution is 2.44. The van der Waals surface area contributed by atoms with E-state index in [1.165, 1.54) is 32.3 Å². The number of fused-ring (bicyclic) bond motifs is 10. The Morgan fingerprint density at radius 1 is 0.306 bits per heavy atom. The molecule has 0 aliphatic carbocycles. The average molecular weight is 791 g/mol. The monoisotopic (exact) mass is 790 g/mol. The van der Waals surface area contributed by atoms with E-state index in [4.69, 9.17) is 19.4 Å². The average Bonchev–Trinajstić information content (AvgIpc) is 3.87. The highest BCUT2D eigenvalue weighted by Gasteiger charge is 2.22. The molecular formula is C57H34N4O. The molecule has 10 aromatic carbocycles. The van der Waals surface area contributed by atoms with Crippen LogP contribution in [0.15, 0.2) is 211 Å². The minimum atomic E-state index is 0.552. The van der Waals surface area contributed by atoms with Gasteiger partial charge in [-0.05, 0) is 69.1 Å². The third kappa shape index (κ3) is 5.38. The first-order valence-electron chi connectivity index (χ1n) is 20.9. The maximum Gasteiger partial charge on any atom is 0.167 e. The molecule has 0 atom stereocenters. The molecule has 0 saturated heterocycles. The molecule has 0 aliphatic heterocycles. The Kier molecular flexibility index (Phi) is 7.54. The number of benzene rings is 10. The van der Waals surface area contributed by atoms with Gasteiger partial charge in [0, 0.05) is 43.4 Å². The van der Waals surface area contributed by atoms with Gasteiger partial charge in [-0.25, -0.2) is 15.0 Å². The molecule has 288 valence electrons. The highest BCUT2D eigenvalue weighted by molar-refractivity contribution is 6.22. The molecule has 0 saturated carbocycles. The molecule has 0 fully saturated rings. The van der Waals surface area contributed by atoms with Crippen molar-refractivity contribution >= 4 is 76.1 Å². The minimum Gasteiger partial charge on any atom is -0.455 e. The Balaban J connectivity index is 1.06. The van der Waals surface area contributed by atoms with Gasteiger partial charge in [-0.3, -0.25) is 0 Å². The fraction of sp³-hybridized carbons (Fsp3) is 0. The lowest BCUT2D eigenvalue weighted by atomic mass is 10.0. The predicted molar refractivity (Wildman–Crippen MR) is 256 cm³/mol. The summed E-state index contributed by atoms with van der Waals surface area (Å²) in [5.41, 5.74) is 9.91. The summed E-state index contributed by atoms with van der Waals surface area (Å²) in [6.45, 7) is 0. The number of furan rings is 1. The van der Waals surface area contributed by atoms with Crippen LogP contribution in [-0.2, 0) is 0 Å². The van der Waals surface area contributed by atoms with Crippen molar-refractivity contribution < 1.29 is 4.42 Å². The molecule has 0 spiro atoms. The van der Waals surface area contributed by atoms with Gasteiger partial charge >= 0.3 is 0 Å². The lowest BCUT2D eigenvalue weighted by molar-refractivity contribution is 0.673. The van der Waals surface area contributed by atoms with Crippen molar-refractivity contribution in [1.29, 1.82) is 0 Å². The summed E-state index contributed by atoms with van der Waals surface area (Å²) in [4.78, 5) is 15.3. The van der Waals surface area contributed by atoms with Crippen molar-refractivity contribution in [2.24, 2.45) is 0 Å². The summed E-state index contributed by atoms with van der Waals surface area (Å²) in [5, 5.41) is 11.5. The molecule has 13 rings (SSSR count). The van der Waals surface area contributed by atoms with E-state index in [9.17, 15) is 0 Å². The van der Waals surface area contributed by atoms with Crippen LogP contribution in [0.25, 0.3) is 127 Å². The predicted octanol–water partition coefficient (Wildman–Crippen LogP) is 15.0. The van der Waals surface area contributed by atoms with Gasteiger partial charge in [0.2, 0.25) is 0 Å². The zero-order chi connectivity index (χ0) is 40.7. The van der Waals surface area contributed by atoms with E-state index in [1.807, 2.05) is 36.4 Å². The quantitative estimate of drug-likeness (QED) is 0.174. The summed E-state index contributed by atoms with van der Waals surface area (Å²) < 4.78 is 9.52. The zero-order valence-electron chi connectivity index (χ0n) is 33.3. The van der Waals surface area contributed by atoms with E-state index < -0.39 is 0 Å². The standard InChI is InChI=1S/C57H34N4O/c1-3-14-35(15-4-1)36-26-28-38(29-27-36)56-58-55(37-16-5-2-6-17-37)59-57(60-56)46-25-13-24-45-49-34-52(43-22-11-12-23-44(43)54(49)62-53(45)46)61-50-32-41-20-9-7-18-39(41)30-47(50)48-31-40-19-8-10-21-42(40)33-51(48)61/h1-34H. The van der Waals surface area contributed by atoms with Crippen LogP contribution in [0.4, 0.5) is 0 Å². The molecule has 0 bridgehead atoms. The maximum atomic E-state index is 7.06. The van der Waals surface area contributed by atoms with Crippen molar-refractivity contribution in [3.8, 4) is 51.0 Å². The van der Waals surface area contributed by atoms with Crippen molar-refractivity contribution in [1.82, 2.24) is 19.5 Å². The van der Waals surface area contributed by atoms with Crippen LogP contribution < -0.4 is 0 Å². The summed E-state index contributed by atoms with van der Waals surface area (Å²) in [5.74, 6) is 1.75. The number of nitrogens with zero attached hydrogens (tertiary/aromatic N) is 4. The Hall–Kier alpha value is -8.41. The van der Waals surface area contributed by atoms with Gasteiger partial charge in [0.25, 0.3) is 0 Å². The Labute approximate surface area is 355 Å². The topological polar surface area (TPSA) is 56.7 Å². The fourth-order valence-corrected chi connectivity index (χ4v) is 9.39. The molecule has 13 aromatic rings. The smallest absolute Gasteiger partial charge is 0.167 e. The molecule has 0 radical (unpaired) electrons. The third-order valence-corrected chi connectivity index (χ3v) is 12.4. The first kappa shape index (κ1) is 34.5. The van der Waals surface area contributed by atoms with Crippen LogP contribution in [0.3, 0.4) is 0 Å². The summed E-state index contributed by atoms with van der Waals surface area (Å²) in [7, 11) is 0. The highest BCUT2D eigenvalue weighted by atomic mass is 16.3. The molecule has 3 aromatic heterocycles. The van der Waals surface area contributed by atoms with Crippen molar-refractivity contribution in [3.63, 3.8) is 0 Å². The van der Waals surface area contributed by atoms with E-state index >= 15 is 0 Å². The molecule has 0 unspecified atom stereocenters.